The van der Waals surface area contributed by atoms with Gasteiger partial charge in [-0.1, -0.05) is 6.07 Å². The number of amides is 1. The predicted molar refractivity (Wildman–Crippen MR) is 121 cm³/mol. The van der Waals surface area contributed by atoms with E-state index >= 15 is 0 Å². The molecule has 0 radical (unpaired) electrons. The van der Waals surface area contributed by atoms with Gasteiger partial charge in [-0.3, -0.25) is 9.78 Å². The van der Waals surface area contributed by atoms with Crippen LogP contribution in [-0.2, 0) is 4.79 Å². The Balaban J connectivity index is 1.49. The van der Waals surface area contributed by atoms with E-state index in [0.717, 1.165) is 24.3 Å². The molecule has 166 valence electrons. The maximum absolute atomic E-state index is 13.5. The molecular weight excluding hydrogens is 406 g/mol. The minimum atomic E-state index is -1.02. The standard InChI is InChI=1S/C24H27N5O3/c1-24(2,32-18-11-9-17(31-3)10-12-18)23(30)29-15-5-7-20(29)19-6-4-8-21(27-19)28-22-16-25-13-14-26-22/h4,6,8-14,16,20H,5,7,15H2,1-3H3,(H,26,27,28)/t20-/m1/s1. The van der Waals surface area contributed by atoms with Crippen LogP contribution in [0.15, 0.2) is 61.1 Å². The van der Waals surface area contributed by atoms with Gasteiger partial charge in [0.25, 0.3) is 5.91 Å². The van der Waals surface area contributed by atoms with Crippen molar-refractivity contribution in [3.05, 3.63) is 66.7 Å². The Morgan fingerprint density at radius 3 is 2.59 bits per heavy atom. The van der Waals surface area contributed by atoms with E-state index in [2.05, 4.69) is 15.3 Å². The highest BCUT2D eigenvalue weighted by Crippen LogP contribution is 2.34. The van der Waals surface area contributed by atoms with Crippen LogP contribution in [0.3, 0.4) is 0 Å². The number of benzene rings is 1. The van der Waals surface area contributed by atoms with Crippen LogP contribution in [0.1, 0.15) is 38.4 Å². The first-order valence-corrected chi connectivity index (χ1v) is 10.6. The first-order chi connectivity index (χ1) is 15.5. The zero-order valence-corrected chi connectivity index (χ0v) is 18.5. The number of methoxy groups -OCH3 is 1. The molecule has 1 aromatic carbocycles. The summed E-state index contributed by atoms with van der Waals surface area (Å²) in [4.78, 5) is 28.4. The summed E-state index contributed by atoms with van der Waals surface area (Å²) in [5.41, 5.74) is -0.183. The molecule has 0 aliphatic carbocycles. The quantitative estimate of drug-likeness (QED) is 0.599. The molecule has 3 aromatic rings. The maximum atomic E-state index is 13.5. The van der Waals surface area contributed by atoms with Crippen molar-refractivity contribution in [1.82, 2.24) is 19.9 Å². The van der Waals surface area contributed by atoms with E-state index in [1.54, 1.807) is 51.7 Å². The monoisotopic (exact) mass is 433 g/mol. The predicted octanol–water partition coefficient (Wildman–Crippen LogP) is 4.14. The zero-order valence-electron chi connectivity index (χ0n) is 18.5. The van der Waals surface area contributed by atoms with E-state index in [-0.39, 0.29) is 11.9 Å². The van der Waals surface area contributed by atoms with Gasteiger partial charge in [-0.2, -0.15) is 0 Å². The average Bonchev–Trinajstić information content (AvgIpc) is 3.29. The molecule has 0 saturated carbocycles. The summed E-state index contributed by atoms with van der Waals surface area (Å²) in [5, 5.41) is 3.16. The van der Waals surface area contributed by atoms with Gasteiger partial charge in [0.15, 0.2) is 5.60 Å². The first kappa shape index (κ1) is 21.5. The number of nitrogens with one attached hydrogen (secondary N) is 1. The highest BCUT2D eigenvalue weighted by Gasteiger charge is 2.40. The maximum Gasteiger partial charge on any atom is 0.266 e. The van der Waals surface area contributed by atoms with Gasteiger partial charge >= 0.3 is 0 Å². The SMILES string of the molecule is COc1ccc(OC(C)(C)C(=O)N2CCC[C@@H]2c2cccc(Nc3cnccn3)n2)cc1. The largest absolute Gasteiger partial charge is 0.497 e. The van der Waals surface area contributed by atoms with E-state index in [0.29, 0.717) is 23.9 Å². The zero-order chi connectivity index (χ0) is 22.6. The number of nitrogens with zero attached hydrogens (tertiary/aromatic N) is 4. The van der Waals surface area contributed by atoms with E-state index in [9.17, 15) is 4.79 Å². The third kappa shape index (κ3) is 4.80. The Morgan fingerprint density at radius 2 is 1.88 bits per heavy atom. The van der Waals surface area contributed by atoms with Crippen LogP contribution in [0.2, 0.25) is 0 Å². The summed E-state index contributed by atoms with van der Waals surface area (Å²) in [5.74, 6) is 2.57. The molecule has 1 atom stereocenters. The van der Waals surface area contributed by atoms with Crippen molar-refractivity contribution in [2.75, 3.05) is 19.0 Å². The molecule has 1 amide bonds. The van der Waals surface area contributed by atoms with Gasteiger partial charge in [0, 0.05) is 18.9 Å². The lowest BCUT2D eigenvalue weighted by Gasteiger charge is -2.33. The van der Waals surface area contributed by atoms with Crippen LogP contribution in [-0.4, -0.2) is 45.0 Å². The molecule has 8 heteroatoms. The van der Waals surface area contributed by atoms with E-state index in [1.807, 2.05) is 35.2 Å². The lowest BCUT2D eigenvalue weighted by atomic mass is 10.1. The minimum absolute atomic E-state index is 0.0649. The Hall–Kier alpha value is -3.68. The molecule has 1 fully saturated rings. The highest BCUT2D eigenvalue weighted by atomic mass is 16.5. The van der Waals surface area contributed by atoms with E-state index in [4.69, 9.17) is 14.5 Å². The Kier molecular flexibility index (Phi) is 6.20. The number of anilines is 2. The lowest BCUT2D eigenvalue weighted by Crippen LogP contribution is -2.48. The first-order valence-electron chi connectivity index (χ1n) is 10.6. The van der Waals surface area contributed by atoms with Crippen molar-refractivity contribution >= 4 is 17.5 Å². The van der Waals surface area contributed by atoms with Crippen LogP contribution in [0, 0.1) is 0 Å². The van der Waals surface area contributed by atoms with Gasteiger partial charge in [0.1, 0.15) is 23.1 Å². The summed E-state index contributed by atoms with van der Waals surface area (Å²) < 4.78 is 11.3. The van der Waals surface area contributed by atoms with Crippen LogP contribution in [0.5, 0.6) is 11.5 Å². The molecule has 0 bridgehead atoms. The molecule has 1 aliphatic heterocycles. The Bertz CT molecular complexity index is 1060. The van der Waals surface area contributed by atoms with Crippen LogP contribution < -0.4 is 14.8 Å². The molecule has 1 N–H and O–H groups in total. The molecule has 8 nitrogen and oxygen atoms in total. The van der Waals surface area contributed by atoms with Crippen molar-refractivity contribution in [3.63, 3.8) is 0 Å². The van der Waals surface area contributed by atoms with Crippen LogP contribution >= 0.6 is 0 Å². The minimum Gasteiger partial charge on any atom is -0.497 e. The molecule has 3 heterocycles. The van der Waals surface area contributed by atoms with Gasteiger partial charge in [-0.15, -0.1) is 0 Å². The molecule has 0 spiro atoms. The molecule has 32 heavy (non-hydrogen) atoms. The third-order valence-electron chi connectivity index (χ3n) is 5.39. The second-order valence-corrected chi connectivity index (χ2v) is 8.11. The lowest BCUT2D eigenvalue weighted by molar-refractivity contribution is -0.146. The number of carbonyl (C=O) groups is 1. The number of ether oxygens (including phenoxy) is 2. The molecule has 0 unspecified atom stereocenters. The fourth-order valence-electron chi connectivity index (χ4n) is 3.85. The fourth-order valence-corrected chi connectivity index (χ4v) is 3.85. The van der Waals surface area contributed by atoms with Gasteiger partial charge < -0.3 is 19.7 Å². The van der Waals surface area contributed by atoms with Gasteiger partial charge in [0.2, 0.25) is 0 Å². The normalized spacial score (nSPS) is 16.0. The summed E-state index contributed by atoms with van der Waals surface area (Å²) in [7, 11) is 1.61. The van der Waals surface area contributed by atoms with Crippen LogP contribution in [0.25, 0.3) is 0 Å². The fraction of sp³-hybridized carbons (Fsp3) is 0.333. The van der Waals surface area contributed by atoms with Crippen molar-refractivity contribution in [2.45, 2.75) is 38.3 Å². The molecule has 1 aliphatic rings. The number of carbonyl (C=O) groups excluding carboxylic acids is 1. The van der Waals surface area contributed by atoms with Gasteiger partial charge in [-0.05, 0) is 63.1 Å². The highest BCUT2D eigenvalue weighted by molar-refractivity contribution is 5.85. The van der Waals surface area contributed by atoms with Crippen molar-refractivity contribution in [2.24, 2.45) is 0 Å². The van der Waals surface area contributed by atoms with Crippen molar-refractivity contribution in [1.29, 1.82) is 0 Å². The van der Waals surface area contributed by atoms with E-state index in [1.165, 1.54) is 0 Å². The van der Waals surface area contributed by atoms with Crippen molar-refractivity contribution < 1.29 is 14.3 Å². The number of hydrogen-bond acceptors (Lipinski definition) is 7. The summed E-state index contributed by atoms with van der Waals surface area (Å²) in [6, 6.07) is 12.9. The third-order valence-corrected chi connectivity index (χ3v) is 5.39. The second-order valence-electron chi connectivity index (χ2n) is 8.11. The average molecular weight is 434 g/mol. The number of pyridine rings is 1. The number of aromatic nitrogens is 3. The number of likely N-dealkylation sites (tertiary alicyclic amines) is 1. The molecule has 4 rings (SSSR count). The second kappa shape index (κ2) is 9.21. The number of rotatable bonds is 7. The van der Waals surface area contributed by atoms with E-state index < -0.39 is 5.60 Å². The summed E-state index contributed by atoms with van der Waals surface area (Å²) >= 11 is 0. The molecule has 2 aromatic heterocycles. The van der Waals surface area contributed by atoms with Gasteiger partial charge in [-0.25, -0.2) is 9.97 Å². The number of hydrogen-bond donors (Lipinski definition) is 1. The Labute approximate surface area is 187 Å². The summed E-state index contributed by atoms with van der Waals surface area (Å²) in [6.45, 7) is 4.27. The smallest absolute Gasteiger partial charge is 0.266 e. The molecular formula is C24H27N5O3. The van der Waals surface area contributed by atoms with Gasteiger partial charge in [0.05, 0.1) is 25.0 Å². The summed E-state index contributed by atoms with van der Waals surface area (Å²) in [6.07, 6.45) is 6.64. The topological polar surface area (TPSA) is 89.5 Å². The molecule has 1 saturated heterocycles. The van der Waals surface area contributed by atoms with Crippen molar-refractivity contribution in [3.8, 4) is 11.5 Å². The van der Waals surface area contributed by atoms with Crippen LogP contribution in [0.4, 0.5) is 11.6 Å². The Morgan fingerprint density at radius 1 is 1.09 bits per heavy atom.